The highest BCUT2D eigenvalue weighted by Gasteiger charge is 2.13. The van der Waals surface area contributed by atoms with Crippen molar-refractivity contribution < 1.29 is 56.3 Å². The summed E-state index contributed by atoms with van der Waals surface area (Å²) >= 11 is 0. The fourth-order valence-electron chi connectivity index (χ4n) is 0.0702. The van der Waals surface area contributed by atoms with Gasteiger partial charge in [0, 0.05) is 0 Å². The summed E-state index contributed by atoms with van der Waals surface area (Å²) in [5.74, 6) is 0. The fraction of sp³-hybridized carbons (Fsp3) is 0. The molecule has 0 fully saturated rings. The van der Waals surface area contributed by atoms with E-state index in [0.717, 1.165) is 0 Å². The largest absolute Gasteiger partial charge is 0.425 e. The summed E-state index contributed by atoms with van der Waals surface area (Å²) in [5, 5.41) is 0. The highest BCUT2D eigenvalue weighted by Crippen LogP contribution is 1.92. The molecule has 0 aromatic heterocycles. The lowest BCUT2D eigenvalue weighted by molar-refractivity contribution is -0.105. The summed E-state index contributed by atoms with van der Waals surface area (Å²) < 4.78 is 102. The molecule has 0 bridgehead atoms. The first-order chi connectivity index (χ1) is 7.15. The summed E-state index contributed by atoms with van der Waals surface area (Å²) in [4.78, 5) is 0. The van der Waals surface area contributed by atoms with Crippen LogP contribution in [0.25, 0.3) is 0 Å². The molecule has 0 rings (SSSR count). The standard InChI is InChI=1S/H2O8S2.H2O5S2/c1-9(2,3)7-8-10(4,5)6;1-6(2)7(3,4)5/h(H,1,2,3)(H,4,5,6);(H,1,2)(H,3,4,5). The van der Waals surface area contributed by atoms with Gasteiger partial charge < -0.3 is 0 Å². The van der Waals surface area contributed by atoms with E-state index in [4.69, 9.17) is 18.2 Å². The second kappa shape index (κ2) is 6.63. The molecule has 0 heterocycles. The van der Waals surface area contributed by atoms with Crippen molar-refractivity contribution in [3.8, 4) is 0 Å². The monoisotopic (exact) mass is 340 g/mol. The van der Waals surface area contributed by atoms with Gasteiger partial charge in [-0.3, -0.25) is 18.2 Å². The first-order valence-electron chi connectivity index (χ1n) is 2.56. The summed E-state index contributed by atoms with van der Waals surface area (Å²) in [7, 11) is -17.9. The second-order valence-corrected chi connectivity index (χ2v) is 7.03. The normalized spacial score (nSPS) is 14.6. The van der Waals surface area contributed by atoms with E-state index in [9.17, 15) is 29.5 Å². The predicted octanol–water partition coefficient (Wildman–Crippen LogP) is -2.45. The van der Waals surface area contributed by atoms with Crippen LogP contribution < -0.4 is 0 Å². The van der Waals surface area contributed by atoms with Crippen LogP contribution in [0.1, 0.15) is 0 Å². The Morgan fingerprint density at radius 2 is 0.941 bits per heavy atom. The molecule has 0 spiro atoms. The summed E-state index contributed by atoms with van der Waals surface area (Å²) in [5.41, 5.74) is 0. The first kappa shape index (κ1) is 19.1. The Bertz CT molecular complexity index is 507. The van der Waals surface area contributed by atoms with Crippen LogP contribution in [-0.2, 0) is 48.7 Å². The molecule has 0 aliphatic heterocycles. The van der Waals surface area contributed by atoms with Crippen LogP contribution in [0.5, 0.6) is 0 Å². The van der Waals surface area contributed by atoms with E-state index in [1.165, 1.54) is 0 Å². The van der Waals surface area contributed by atoms with Gasteiger partial charge in [0.05, 0.1) is 0 Å². The minimum absolute atomic E-state index is 2.78. The third-order valence-corrected chi connectivity index (χ3v) is 2.39. The van der Waals surface area contributed by atoms with Gasteiger partial charge in [0.15, 0.2) is 0 Å². The van der Waals surface area contributed by atoms with Gasteiger partial charge in [0.2, 0.25) is 0 Å². The predicted molar refractivity (Wildman–Crippen MR) is 47.6 cm³/mol. The Balaban J connectivity index is 0. The Morgan fingerprint density at radius 3 is 1.00 bits per heavy atom. The van der Waals surface area contributed by atoms with E-state index in [1.807, 2.05) is 0 Å². The van der Waals surface area contributed by atoms with Gasteiger partial charge in [-0.25, -0.2) is 4.21 Å². The van der Waals surface area contributed by atoms with E-state index in [2.05, 4.69) is 8.67 Å². The molecule has 13 nitrogen and oxygen atoms in total. The van der Waals surface area contributed by atoms with Gasteiger partial charge in [0.1, 0.15) is 0 Å². The maximum absolute atomic E-state index is 9.51. The van der Waals surface area contributed by atoms with E-state index < -0.39 is 40.1 Å². The molecule has 17 heavy (non-hydrogen) atoms. The van der Waals surface area contributed by atoms with Crippen LogP contribution in [0.15, 0.2) is 0 Å². The van der Waals surface area contributed by atoms with Crippen molar-refractivity contribution in [1.29, 1.82) is 0 Å². The molecule has 1 atom stereocenters. The maximum Gasteiger partial charge on any atom is 0.425 e. The Kier molecular flexibility index (Phi) is 7.45. The average Bonchev–Trinajstić information content (AvgIpc) is 1.97. The quantitative estimate of drug-likeness (QED) is 0.137. The molecular formula is H4O13S4. The molecule has 0 radical (unpaired) electrons. The van der Waals surface area contributed by atoms with Crippen LogP contribution in [0.2, 0.25) is 0 Å². The summed E-state index contributed by atoms with van der Waals surface area (Å²) in [6.07, 6.45) is 0. The van der Waals surface area contributed by atoms with Gasteiger partial charge in [-0.05, 0) is 0 Å². The highest BCUT2D eigenvalue weighted by atomic mass is 33.2. The SMILES string of the molecule is O=S(=O)(O)OOS(=O)(=O)O.O=S(O)S(=O)(=O)O. The maximum atomic E-state index is 9.51. The minimum atomic E-state index is -5.02. The van der Waals surface area contributed by atoms with Gasteiger partial charge in [-0.1, -0.05) is 8.67 Å². The Morgan fingerprint density at radius 1 is 0.765 bits per heavy atom. The molecule has 1 unspecified atom stereocenters. The van der Waals surface area contributed by atoms with E-state index in [-0.39, 0.29) is 0 Å². The zero-order valence-corrected chi connectivity index (χ0v) is 10.4. The van der Waals surface area contributed by atoms with Crippen LogP contribution in [0.3, 0.4) is 0 Å². The van der Waals surface area contributed by atoms with Gasteiger partial charge in [-0.2, -0.15) is 25.3 Å². The van der Waals surface area contributed by atoms with Crippen molar-refractivity contribution in [2.24, 2.45) is 0 Å². The van der Waals surface area contributed by atoms with Crippen molar-refractivity contribution in [1.82, 2.24) is 0 Å². The van der Waals surface area contributed by atoms with Crippen molar-refractivity contribution >= 4 is 40.1 Å². The zero-order chi connectivity index (χ0) is 14.5. The van der Waals surface area contributed by atoms with Crippen molar-refractivity contribution in [3.05, 3.63) is 0 Å². The second-order valence-electron chi connectivity index (χ2n) is 1.64. The van der Waals surface area contributed by atoms with Crippen LogP contribution in [0, 0.1) is 0 Å². The fourth-order valence-corrected chi connectivity index (χ4v) is 0.632. The topological polar surface area (TPSA) is 219 Å². The Hall–Kier alpha value is -0.240. The molecule has 0 aliphatic carbocycles. The van der Waals surface area contributed by atoms with Crippen molar-refractivity contribution in [3.63, 3.8) is 0 Å². The highest BCUT2D eigenvalue weighted by molar-refractivity contribution is 8.59. The van der Waals surface area contributed by atoms with Crippen molar-refractivity contribution in [2.75, 3.05) is 0 Å². The molecule has 0 saturated heterocycles. The van der Waals surface area contributed by atoms with Crippen LogP contribution in [-0.4, -0.2) is 47.7 Å². The van der Waals surface area contributed by atoms with E-state index >= 15 is 0 Å². The number of hydrogen-bond donors (Lipinski definition) is 4. The molecule has 17 heteroatoms. The summed E-state index contributed by atoms with van der Waals surface area (Å²) in [6, 6.07) is 0. The number of rotatable bonds is 4. The molecule has 0 aromatic rings. The molecule has 0 aromatic carbocycles. The zero-order valence-electron chi connectivity index (χ0n) is 7.10. The van der Waals surface area contributed by atoms with Crippen molar-refractivity contribution in [2.45, 2.75) is 0 Å². The third-order valence-electron chi connectivity index (χ3n) is 0.380. The van der Waals surface area contributed by atoms with Gasteiger partial charge in [-0.15, -0.1) is 0 Å². The molecule has 106 valence electrons. The Labute approximate surface area is 96.6 Å². The molecule has 4 N–H and O–H groups in total. The minimum Gasteiger partial charge on any atom is -0.292 e. The molecule has 0 saturated carbocycles. The molecular weight excluding hydrogens is 336 g/mol. The van der Waals surface area contributed by atoms with E-state index in [0.29, 0.717) is 0 Å². The van der Waals surface area contributed by atoms with E-state index in [1.54, 1.807) is 0 Å². The first-order valence-corrected chi connectivity index (χ1v) is 8.36. The van der Waals surface area contributed by atoms with Crippen LogP contribution in [0.4, 0.5) is 0 Å². The smallest absolute Gasteiger partial charge is 0.292 e. The van der Waals surface area contributed by atoms with Gasteiger partial charge >= 0.3 is 40.1 Å². The lowest BCUT2D eigenvalue weighted by Crippen LogP contribution is -2.10. The van der Waals surface area contributed by atoms with Gasteiger partial charge in [0.25, 0.3) is 0 Å². The average molecular weight is 340 g/mol. The molecule has 0 amide bonds. The summed E-state index contributed by atoms with van der Waals surface area (Å²) in [6.45, 7) is 0. The lowest BCUT2D eigenvalue weighted by Gasteiger charge is -1.92. The molecule has 0 aliphatic rings. The third kappa shape index (κ3) is 18.3. The lowest BCUT2D eigenvalue weighted by atomic mass is 14.9. The van der Waals surface area contributed by atoms with Crippen LogP contribution >= 0.6 is 0 Å². The number of hydrogen-bond acceptors (Lipinski definition) is 9.